The van der Waals surface area contributed by atoms with E-state index in [0.717, 1.165) is 0 Å². The SMILES string of the molecule is Cc1c(Cl)c(O)c(Cl)c(C)c1B(O)O. The van der Waals surface area contributed by atoms with Crippen molar-refractivity contribution in [3.8, 4) is 5.75 Å². The van der Waals surface area contributed by atoms with E-state index in [4.69, 9.17) is 33.2 Å². The lowest BCUT2D eigenvalue weighted by Crippen LogP contribution is -2.34. The Morgan fingerprint density at radius 2 is 1.36 bits per heavy atom. The van der Waals surface area contributed by atoms with Gasteiger partial charge >= 0.3 is 7.12 Å². The van der Waals surface area contributed by atoms with Crippen LogP contribution in [0.4, 0.5) is 0 Å². The Morgan fingerprint density at radius 3 is 1.64 bits per heavy atom. The first kappa shape index (κ1) is 11.7. The Kier molecular flexibility index (Phi) is 3.32. The van der Waals surface area contributed by atoms with Gasteiger partial charge in [0.1, 0.15) is 0 Å². The maximum absolute atomic E-state index is 9.45. The van der Waals surface area contributed by atoms with Crippen LogP contribution in [-0.2, 0) is 0 Å². The first-order chi connectivity index (χ1) is 6.37. The highest BCUT2D eigenvalue weighted by Gasteiger charge is 2.23. The number of phenols is 1. The van der Waals surface area contributed by atoms with Gasteiger partial charge in [0.05, 0.1) is 10.0 Å². The van der Waals surface area contributed by atoms with Crippen molar-refractivity contribution in [1.82, 2.24) is 0 Å². The van der Waals surface area contributed by atoms with E-state index in [2.05, 4.69) is 0 Å². The molecule has 0 aliphatic rings. The van der Waals surface area contributed by atoms with E-state index in [9.17, 15) is 5.11 Å². The van der Waals surface area contributed by atoms with Gasteiger partial charge in [-0.1, -0.05) is 23.2 Å². The summed E-state index contributed by atoms with van der Waals surface area (Å²) in [4.78, 5) is 0. The van der Waals surface area contributed by atoms with E-state index in [1.807, 2.05) is 0 Å². The normalized spacial score (nSPS) is 10.4. The van der Waals surface area contributed by atoms with Crippen molar-refractivity contribution in [3.05, 3.63) is 21.2 Å². The van der Waals surface area contributed by atoms with Crippen molar-refractivity contribution >= 4 is 35.8 Å². The molecule has 0 amide bonds. The summed E-state index contributed by atoms with van der Waals surface area (Å²) in [5.41, 5.74) is 1.07. The third kappa shape index (κ3) is 1.71. The summed E-state index contributed by atoms with van der Waals surface area (Å²) in [5, 5.41) is 27.7. The van der Waals surface area contributed by atoms with Crippen molar-refractivity contribution in [2.24, 2.45) is 0 Å². The molecule has 3 N–H and O–H groups in total. The molecule has 6 heteroatoms. The van der Waals surface area contributed by atoms with Gasteiger partial charge in [-0.05, 0) is 30.4 Å². The molecule has 0 radical (unpaired) electrons. The van der Waals surface area contributed by atoms with Crippen LogP contribution in [-0.4, -0.2) is 22.3 Å². The van der Waals surface area contributed by atoms with Gasteiger partial charge in [-0.25, -0.2) is 0 Å². The predicted molar refractivity (Wildman–Crippen MR) is 57.4 cm³/mol. The zero-order valence-electron chi connectivity index (χ0n) is 7.67. The van der Waals surface area contributed by atoms with Crippen molar-refractivity contribution in [2.75, 3.05) is 0 Å². The molecule has 3 nitrogen and oxygen atoms in total. The Balaban J connectivity index is 3.60. The second-order valence-electron chi connectivity index (χ2n) is 3.01. The minimum atomic E-state index is -1.65. The smallest absolute Gasteiger partial charge is 0.489 e. The van der Waals surface area contributed by atoms with E-state index in [1.165, 1.54) is 0 Å². The molecule has 0 spiro atoms. The first-order valence-corrected chi connectivity index (χ1v) is 4.66. The summed E-state index contributed by atoms with van der Waals surface area (Å²) < 4.78 is 0. The van der Waals surface area contributed by atoms with Crippen molar-refractivity contribution < 1.29 is 15.2 Å². The largest absolute Gasteiger partial charge is 0.505 e. The quantitative estimate of drug-likeness (QED) is 0.636. The fraction of sp³-hybridized carbons (Fsp3) is 0.250. The molecule has 0 atom stereocenters. The second-order valence-corrected chi connectivity index (χ2v) is 3.77. The van der Waals surface area contributed by atoms with Crippen molar-refractivity contribution in [2.45, 2.75) is 13.8 Å². The van der Waals surface area contributed by atoms with Gasteiger partial charge in [-0.2, -0.15) is 0 Å². The fourth-order valence-corrected chi connectivity index (χ4v) is 1.80. The van der Waals surface area contributed by atoms with Gasteiger partial charge in [0.2, 0.25) is 0 Å². The zero-order chi connectivity index (χ0) is 11.0. The Morgan fingerprint density at radius 1 is 1.00 bits per heavy atom. The lowest BCUT2D eigenvalue weighted by molar-refractivity contribution is 0.425. The number of rotatable bonds is 1. The zero-order valence-corrected chi connectivity index (χ0v) is 9.19. The van der Waals surface area contributed by atoms with Gasteiger partial charge in [-0.15, -0.1) is 0 Å². The number of halogens is 2. The predicted octanol–water partition coefficient (Wildman–Crippen LogP) is 0.996. The highest BCUT2D eigenvalue weighted by molar-refractivity contribution is 6.61. The summed E-state index contributed by atoms with van der Waals surface area (Å²) in [6.07, 6.45) is 0. The Bertz CT molecular complexity index is 350. The first-order valence-electron chi connectivity index (χ1n) is 3.91. The molecule has 0 aromatic heterocycles. The molecule has 1 rings (SSSR count). The van der Waals surface area contributed by atoms with Gasteiger partial charge in [0.25, 0.3) is 0 Å². The van der Waals surface area contributed by atoms with E-state index in [-0.39, 0.29) is 21.3 Å². The minimum absolute atomic E-state index is 0.0451. The lowest BCUT2D eigenvalue weighted by atomic mass is 9.74. The molecule has 0 unspecified atom stereocenters. The van der Waals surface area contributed by atoms with E-state index in [1.54, 1.807) is 13.8 Å². The molecule has 14 heavy (non-hydrogen) atoms. The summed E-state index contributed by atoms with van der Waals surface area (Å²) >= 11 is 11.5. The van der Waals surface area contributed by atoms with Crippen LogP contribution in [0.2, 0.25) is 10.0 Å². The molecule has 1 aromatic carbocycles. The third-order valence-corrected chi connectivity index (χ3v) is 3.07. The molecule has 0 aliphatic heterocycles. The number of phenolic OH excluding ortho intramolecular Hbond substituents is 1. The van der Waals surface area contributed by atoms with E-state index < -0.39 is 7.12 Å². The fourth-order valence-electron chi connectivity index (χ4n) is 1.36. The highest BCUT2D eigenvalue weighted by Crippen LogP contribution is 2.35. The molecule has 0 heterocycles. The Labute approximate surface area is 92.0 Å². The number of hydrogen-bond donors (Lipinski definition) is 3. The number of benzene rings is 1. The summed E-state index contributed by atoms with van der Waals surface area (Å²) in [5.74, 6) is -0.229. The molecule has 0 aliphatic carbocycles. The van der Waals surface area contributed by atoms with Crippen LogP contribution >= 0.6 is 23.2 Å². The summed E-state index contributed by atoms with van der Waals surface area (Å²) in [7, 11) is -1.65. The van der Waals surface area contributed by atoms with Crippen LogP contribution in [0.5, 0.6) is 5.75 Å². The summed E-state index contributed by atoms with van der Waals surface area (Å²) in [6, 6.07) is 0. The molecule has 0 bridgehead atoms. The number of hydrogen-bond acceptors (Lipinski definition) is 3. The molecular formula is C8H9BCl2O3. The van der Waals surface area contributed by atoms with Crippen LogP contribution in [0, 0.1) is 13.8 Å². The van der Waals surface area contributed by atoms with Gasteiger partial charge < -0.3 is 15.2 Å². The van der Waals surface area contributed by atoms with Crippen LogP contribution in [0.1, 0.15) is 11.1 Å². The molecular weight excluding hydrogens is 226 g/mol. The van der Waals surface area contributed by atoms with Gasteiger partial charge in [0, 0.05) is 0 Å². The average Bonchev–Trinajstić information content (AvgIpc) is 2.11. The van der Waals surface area contributed by atoms with Gasteiger partial charge in [0.15, 0.2) is 5.75 Å². The lowest BCUT2D eigenvalue weighted by Gasteiger charge is -2.14. The molecule has 1 aromatic rings. The maximum Gasteiger partial charge on any atom is 0.489 e. The van der Waals surface area contributed by atoms with Crippen LogP contribution in [0.15, 0.2) is 0 Å². The monoisotopic (exact) mass is 234 g/mol. The minimum Gasteiger partial charge on any atom is -0.505 e. The third-order valence-electron chi connectivity index (χ3n) is 2.14. The molecule has 0 saturated heterocycles. The van der Waals surface area contributed by atoms with E-state index >= 15 is 0 Å². The highest BCUT2D eigenvalue weighted by atomic mass is 35.5. The second kappa shape index (κ2) is 3.99. The number of aromatic hydroxyl groups is 1. The Hall–Kier alpha value is -0.415. The molecule has 0 saturated carbocycles. The van der Waals surface area contributed by atoms with E-state index in [0.29, 0.717) is 11.1 Å². The van der Waals surface area contributed by atoms with Crippen molar-refractivity contribution in [1.29, 1.82) is 0 Å². The standard InChI is InChI=1S/C8H9BCl2O3/c1-3-5(9(13)14)4(2)7(11)8(12)6(3)10/h12-14H,1-2H3. The topological polar surface area (TPSA) is 60.7 Å². The molecule has 0 fully saturated rings. The maximum atomic E-state index is 9.45. The average molecular weight is 235 g/mol. The van der Waals surface area contributed by atoms with Crippen LogP contribution in [0.25, 0.3) is 0 Å². The van der Waals surface area contributed by atoms with Crippen molar-refractivity contribution in [3.63, 3.8) is 0 Å². The van der Waals surface area contributed by atoms with Crippen LogP contribution in [0.3, 0.4) is 0 Å². The van der Waals surface area contributed by atoms with Crippen LogP contribution < -0.4 is 5.46 Å². The summed E-state index contributed by atoms with van der Waals surface area (Å²) in [6.45, 7) is 3.17. The molecule has 76 valence electrons. The van der Waals surface area contributed by atoms with Gasteiger partial charge in [-0.3, -0.25) is 0 Å².